The second kappa shape index (κ2) is 9.23. The minimum Gasteiger partial charge on any atom is -0.390 e. The molecule has 0 spiro atoms. The van der Waals surface area contributed by atoms with Gasteiger partial charge in [-0.15, -0.1) is 0 Å². The van der Waals surface area contributed by atoms with Crippen LogP contribution in [0.4, 0.5) is 0 Å². The first kappa shape index (κ1) is 14.2. The fraction of sp³-hybridized carbons (Fsp3) is 0.786. The molecule has 1 N–H and O–H groups in total. The van der Waals surface area contributed by atoms with Crippen molar-refractivity contribution in [3.63, 3.8) is 0 Å². The van der Waals surface area contributed by atoms with Crippen molar-refractivity contribution < 1.29 is 5.11 Å². The molecule has 0 aliphatic heterocycles. The van der Waals surface area contributed by atoms with Gasteiger partial charge in [-0.3, -0.25) is 0 Å². The van der Waals surface area contributed by atoms with Crippen molar-refractivity contribution in [2.45, 2.75) is 71.4 Å². The van der Waals surface area contributed by atoms with Crippen molar-refractivity contribution in [2.24, 2.45) is 0 Å². The highest BCUT2D eigenvalue weighted by atomic mass is 16.3. The summed E-state index contributed by atoms with van der Waals surface area (Å²) < 4.78 is 2.05. The maximum absolute atomic E-state index is 9.07. The number of hydrogen-bond acceptors (Lipinski definition) is 2. The number of rotatable bonds is 10. The smallest absolute Gasteiger partial charge is 0.0948 e. The number of nitrogens with zero attached hydrogens (tertiary/aromatic N) is 2. The molecule has 0 radical (unpaired) electrons. The molecule has 0 saturated carbocycles. The Morgan fingerprint density at radius 2 is 1.71 bits per heavy atom. The first-order valence-electron chi connectivity index (χ1n) is 6.98. The van der Waals surface area contributed by atoms with Crippen LogP contribution in [0.2, 0.25) is 0 Å². The molecule has 0 amide bonds. The summed E-state index contributed by atoms with van der Waals surface area (Å²) in [6.45, 7) is 3.34. The lowest BCUT2D eigenvalue weighted by atomic mass is 10.1. The van der Waals surface area contributed by atoms with E-state index in [0.717, 1.165) is 12.2 Å². The van der Waals surface area contributed by atoms with Crippen LogP contribution in [0, 0.1) is 0 Å². The van der Waals surface area contributed by atoms with Gasteiger partial charge in [0.2, 0.25) is 0 Å². The fourth-order valence-corrected chi connectivity index (χ4v) is 2.10. The topological polar surface area (TPSA) is 38.0 Å². The highest BCUT2D eigenvalue weighted by Crippen LogP contribution is 2.09. The molecule has 0 aliphatic carbocycles. The van der Waals surface area contributed by atoms with Crippen molar-refractivity contribution in [2.75, 3.05) is 0 Å². The van der Waals surface area contributed by atoms with Crippen LogP contribution in [0.5, 0.6) is 0 Å². The number of aliphatic hydroxyl groups excluding tert-OH is 1. The van der Waals surface area contributed by atoms with E-state index < -0.39 is 0 Å². The van der Waals surface area contributed by atoms with Crippen LogP contribution in [0.25, 0.3) is 0 Å². The Labute approximate surface area is 105 Å². The van der Waals surface area contributed by atoms with Gasteiger partial charge in [0, 0.05) is 6.54 Å². The normalized spacial score (nSPS) is 10.9. The molecule has 0 fully saturated rings. The SMILES string of the molecule is CCCCCCCCCCn1cncc1CO. The maximum Gasteiger partial charge on any atom is 0.0948 e. The Morgan fingerprint density at radius 1 is 1.06 bits per heavy atom. The van der Waals surface area contributed by atoms with Crippen molar-refractivity contribution in [3.05, 3.63) is 18.2 Å². The fourth-order valence-electron chi connectivity index (χ4n) is 2.10. The summed E-state index contributed by atoms with van der Waals surface area (Å²) in [6, 6.07) is 0. The van der Waals surface area contributed by atoms with Crippen molar-refractivity contribution in [1.29, 1.82) is 0 Å². The highest BCUT2D eigenvalue weighted by molar-refractivity contribution is 4.95. The van der Waals surface area contributed by atoms with E-state index in [-0.39, 0.29) is 6.61 Å². The van der Waals surface area contributed by atoms with Crippen molar-refractivity contribution in [3.8, 4) is 0 Å². The third kappa shape index (κ3) is 5.87. The minimum atomic E-state index is 0.0943. The Balaban J connectivity index is 1.97. The van der Waals surface area contributed by atoms with Crippen LogP contribution in [0.15, 0.2) is 12.5 Å². The van der Waals surface area contributed by atoms with E-state index in [2.05, 4.69) is 16.5 Å². The quantitative estimate of drug-likeness (QED) is 0.633. The van der Waals surface area contributed by atoms with E-state index in [9.17, 15) is 0 Å². The first-order valence-corrected chi connectivity index (χ1v) is 6.98. The summed E-state index contributed by atoms with van der Waals surface area (Å²) in [5.74, 6) is 0. The van der Waals surface area contributed by atoms with Crippen LogP contribution in [0.1, 0.15) is 64.0 Å². The molecule has 1 aromatic rings. The van der Waals surface area contributed by atoms with Crippen LogP contribution in [-0.4, -0.2) is 14.7 Å². The minimum absolute atomic E-state index is 0.0943. The average molecular weight is 238 g/mol. The van der Waals surface area contributed by atoms with E-state index in [1.165, 1.54) is 51.4 Å². The van der Waals surface area contributed by atoms with E-state index in [1.54, 1.807) is 6.20 Å². The predicted octanol–water partition coefficient (Wildman–Crippen LogP) is 3.52. The summed E-state index contributed by atoms with van der Waals surface area (Å²) in [4.78, 5) is 4.04. The Morgan fingerprint density at radius 3 is 2.35 bits per heavy atom. The van der Waals surface area contributed by atoms with E-state index in [4.69, 9.17) is 5.11 Å². The monoisotopic (exact) mass is 238 g/mol. The van der Waals surface area contributed by atoms with Crippen LogP contribution in [0.3, 0.4) is 0 Å². The molecule has 98 valence electrons. The molecule has 0 saturated heterocycles. The third-order valence-corrected chi connectivity index (χ3v) is 3.21. The first-order chi connectivity index (χ1) is 8.38. The summed E-state index contributed by atoms with van der Waals surface area (Å²) in [6.07, 6.45) is 14.2. The summed E-state index contributed by atoms with van der Waals surface area (Å²) in [5.41, 5.74) is 0.924. The number of aryl methyl sites for hydroxylation is 1. The number of hydrogen-bond donors (Lipinski definition) is 1. The van der Waals surface area contributed by atoms with Gasteiger partial charge >= 0.3 is 0 Å². The Hall–Kier alpha value is -0.830. The summed E-state index contributed by atoms with van der Waals surface area (Å²) in [7, 11) is 0. The van der Waals surface area contributed by atoms with Gasteiger partial charge in [0.1, 0.15) is 0 Å². The number of aliphatic hydroxyl groups is 1. The van der Waals surface area contributed by atoms with Gasteiger partial charge in [-0.1, -0.05) is 51.9 Å². The molecule has 1 aromatic heterocycles. The standard InChI is InChI=1S/C14H26N2O/c1-2-3-4-5-6-7-8-9-10-16-13-15-11-14(16)12-17/h11,13,17H,2-10,12H2,1H3. The van der Waals surface area contributed by atoms with Gasteiger partial charge in [0.25, 0.3) is 0 Å². The second-order valence-corrected chi connectivity index (χ2v) is 4.71. The summed E-state index contributed by atoms with van der Waals surface area (Å²) >= 11 is 0. The molecule has 0 aromatic carbocycles. The van der Waals surface area contributed by atoms with Crippen molar-refractivity contribution >= 4 is 0 Å². The van der Waals surface area contributed by atoms with Gasteiger partial charge < -0.3 is 9.67 Å². The summed E-state index contributed by atoms with van der Waals surface area (Å²) in [5, 5.41) is 9.07. The van der Waals surface area contributed by atoms with Crippen molar-refractivity contribution in [1.82, 2.24) is 9.55 Å². The third-order valence-electron chi connectivity index (χ3n) is 3.21. The molecule has 0 aliphatic rings. The van der Waals surface area contributed by atoms with Gasteiger partial charge in [0.15, 0.2) is 0 Å². The molecule has 0 atom stereocenters. The average Bonchev–Trinajstić information content (AvgIpc) is 2.80. The molecular weight excluding hydrogens is 212 g/mol. The second-order valence-electron chi connectivity index (χ2n) is 4.71. The van der Waals surface area contributed by atoms with Crippen LogP contribution in [-0.2, 0) is 13.2 Å². The van der Waals surface area contributed by atoms with E-state index >= 15 is 0 Å². The lowest BCUT2D eigenvalue weighted by Gasteiger charge is -2.06. The molecule has 3 heteroatoms. The molecule has 3 nitrogen and oxygen atoms in total. The zero-order valence-electron chi connectivity index (χ0n) is 11.1. The number of unbranched alkanes of at least 4 members (excludes halogenated alkanes) is 7. The van der Waals surface area contributed by atoms with Crippen LogP contribution >= 0.6 is 0 Å². The van der Waals surface area contributed by atoms with Gasteiger partial charge in [0.05, 0.1) is 24.8 Å². The molecule has 1 heterocycles. The lowest BCUT2D eigenvalue weighted by Crippen LogP contribution is -2.01. The van der Waals surface area contributed by atoms with E-state index in [1.807, 2.05) is 6.33 Å². The largest absolute Gasteiger partial charge is 0.390 e. The Kier molecular flexibility index (Phi) is 7.72. The molecule has 0 unspecified atom stereocenters. The molecule has 17 heavy (non-hydrogen) atoms. The van der Waals surface area contributed by atoms with Gasteiger partial charge in [-0.25, -0.2) is 4.98 Å². The maximum atomic E-state index is 9.07. The lowest BCUT2D eigenvalue weighted by molar-refractivity contribution is 0.270. The zero-order chi connectivity index (χ0) is 12.3. The molecule has 1 rings (SSSR count). The predicted molar refractivity (Wildman–Crippen MR) is 70.8 cm³/mol. The Bertz CT molecular complexity index is 284. The van der Waals surface area contributed by atoms with Crippen LogP contribution < -0.4 is 0 Å². The molecular formula is C14H26N2O. The highest BCUT2D eigenvalue weighted by Gasteiger charge is 1.99. The van der Waals surface area contributed by atoms with Gasteiger partial charge in [-0.05, 0) is 6.42 Å². The molecule has 0 bridgehead atoms. The number of aromatic nitrogens is 2. The number of imidazole rings is 1. The van der Waals surface area contributed by atoms with Gasteiger partial charge in [-0.2, -0.15) is 0 Å². The zero-order valence-corrected chi connectivity index (χ0v) is 11.1. The van der Waals surface area contributed by atoms with E-state index in [0.29, 0.717) is 0 Å².